The van der Waals surface area contributed by atoms with Crippen molar-refractivity contribution >= 4 is 16.9 Å². The third kappa shape index (κ3) is 4.14. The predicted octanol–water partition coefficient (Wildman–Crippen LogP) is 3.60. The molecule has 25 heavy (non-hydrogen) atoms. The molecule has 0 unspecified atom stereocenters. The zero-order chi connectivity index (χ0) is 17.5. The van der Waals surface area contributed by atoms with Crippen molar-refractivity contribution in [3.63, 3.8) is 0 Å². The van der Waals surface area contributed by atoms with Gasteiger partial charge in [0.25, 0.3) is 0 Å². The molecular weight excluding hydrogens is 314 g/mol. The summed E-state index contributed by atoms with van der Waals surface area (Å²) in [5.74, 6) is 0.455. The molecule has 1 heterocycles. The van der Waals surface area contributed by atoms with Crippen LogP contribution in [0.15, 0.2) is 60.8 Å². The Kier molecular flexibility index (Phi) is 5.59. The normalized spacial score (nSPS) is 10.6. The summed E-state index contributed by atoms with van der Waals surface area (Å²) in [5.41, 5.74) is 1.90. The molecular formula is C20H21N3O2. The Morgan fingerprint density at radius 2 is 1.72 bits per heavy atom. The van der Waals surface area contributed by atoms with Crippen LogP contribution in [0.5, 0.6) is 5.75 Å². The van der Waals surface area contributed by atoms with E-state index < -0.39 is 6.09 Å². The number of amides is 1. The molecule has 0 saturated carbocycles. The van der Waals surface area contributed by atoms with Crippen molar-refractivity contribution in [3.05, 3.63) is 60.8 Å². The Balaban J connectivity index is 1.85. The van der Waals surface area contributed by atoms with Crippen LogP contribution < -0.4 is 15.4 Å². The molecule has 0 aliphatic rings. The summed E-state index contributed by atoms with van der Waals surface area (Å²) in [4.78, 5) is 16.5. The molecule has 0 spiro atoms. The first kappa shape index (κ1) is 16.9. The van der Waals surface area contributed by atoms with Crippen molar-refractivity contribution in [2.75, 3.05) is 19.6 Å². The first-order chi connectivity index (χ1) is 12.3. The van der Waals surface area contributed by atoms with Gasteiger partial charge in [-0.3, -0.25) is 4.98 Å². The van der Waals surface area contributed by atoms with Crippen LogP contribution >= 0.6 is 0 Å². The Morgan fingerprint density at radius 3 is 2.48 bits per heavy atom. The number of nitrogens with zero attached hydrogens (tertiary/aromatic N) is 1. The number of likely N-dealkylation sites (N-methyl/N-ethyl adjacent to an activating group) is 1. The van der Waals surface area contributed by atoms with Gasteiger partial charge in [0.15, 0.2) is 5.75 Å². The van der Waals surface area contributed by atoms with E-state index in [9.17, 15) is 4.79 Å². The van der Waals surface area contributed by atoms with Crippen LogP contribution in [-0.2, 0) is 0 Å². The summed E-state index contributed by atoms with van der Waals surface area (Å²) in [6.45, 7) is 4.11. The second kappa shape index (κ2) is 8.26. The minimum atomic E-state index is -0.475. The molecule has 2 N–H and O–H groups in total. The number of nitrogens with one attached hydrogen (secondary N) is 2. The van der Waals surface area contributed by atoms with Gasteiger partial charge in [-0.25, -0.2) is 4.79 Å². The van der Waals surface area contributed by atoms with Gasteiger partial charge in [0, 0.05) is 29.4 Å². The third-order valence-corrected chi connectivity index (χ3v) is 3.83. The lowest BCUT2D eigenvalue weighted by Crippen LogP contribution is -2.33. The molecule has 1 amide bonds. The van der Waals surface area contributed by atoms with Gasteiger partial charge < -0.3 is 15.4 Å². The van der Waals surface area contributed by atoms with Gasteiger partial charge >= 0.3 is 6.09 Å². The Bertz CT molecular complexity index is 850. The highest BCUT2D eigenvalue weighted by Gasteiger charge is 2.12. The summed E-state index contributed by atoms with van der Waals surface area (Å²) in [6, 6.07) is 17.8. The van der Waals surface area contributed by atoms with E-state index >= 15 is 0 Å². The van der Waals surface area contributed by atoms with Crippen LogP contribution in [0.3, 0.4) is 0 Å². The SMILES string of the molecule is CCNCCNC(=O)Oc1cnc(-c2ccccc2)c2ccccc12. The van der Waals surface area contributed by atoms with E-state index in [1.807, 2.05) is 61.5 Å². The minimum absolute atomic E-state index is 0.455. The van der Waals surface area contributed by atoms with Gasteiger partial charge in [0.2, 0.25) is 0 Å². The summed E-state index contributed by atoms with van der Waals surface area (Å²) in [5, 5.41) is 7.68. The predicted molar refractivity (Wildman–Crippen MR) is 99.7 cm³/mol. The second-order valence-electron chi connectivity index (χ2n) is 5.55. The smallest absolute Gasteiger partial charge is 0.408 e. The molecule has 2 aromatic carbocycles. The zero-order valence-corrected chi connectivity index (χ0v) is 14.2. The first-order valence-corrected chi connectivity index (χ1v) is 8.39. The first-order valence-electron chi connectivity index (χ1n) is 8.39. The van der Waals surface area contributed by atoms with Crippen LogP contribution in [0.1, 0.15) is 6.92 Å². The Labute approximate surface area is 147 Å². The summed E-state index contributed by atoms with van der Waals surface area (Å²) in [7, 11) is 0. The molecule has 3 rings (SSSR count). The number of ether oxygens (including phenoxy) is 1. The summed E-state index contributed by atoms with van der Waals surface area (Å²) < 4.78 is 5.46. The molecule has 1 aromatic heterocycles. The van der Waals surface area contributed by atoms with Crippen molar-refractivity contribution in [2.24, 2.45) is 0 Å². The molecule has 5 heteroatoms. The van der Waals surface area contributed by atoms with Gasteiger partial charge in [0.1, 0.15) is 0 Å². The maximum Gasteiger partial charge on any atom is 0.412 e. The van der Waals surface area contributed by atoms with Crippen molar-refractivity contribution < 1.29 is 9.53 Å². The lowest BCUT2D eigenvalue weighted by Gasteiger charge is -2.11. The number of carbonyl (C=O) groups excluding carboxylic acids is 1. The molecule has 5 nitrogen and oxygen atoms in total. The Hall–Kier alpha value is -2.92. The lowest BCUT2D eigenvalue weighted by molar-refractivity contribution is 0.201. The Morgan fingerprint density at radius 1 is 1.00 bits per heavy atom. The van der Waals surface area contributed by atoms with E-state index in [1.54, 1.807) is 6.20 Å². The maximum atomic E-state index is 12.0. The number of benzene rings is 2. The van der Waals surface area contributed by atoms with Gasteiger partial charge in [-0.2, -0.15) is 0 Å². The molecule has 0 atom stereocenters. The molecule has 128 valence electrons. The molecule has 0 fully saturated rings. The number of rotatable bonds is 6. The highest BCUT2D eigenvalue weighted by Crippen LogP contribution is 2.32. The van der Waals surface area contributed by atoms with E-state index in [4.69, 9.17) is 4.74 Å². The molecule has 0 bridgehead atoms. The van der Waals surface area contributed by atoms with Crippen LogP contribution in [0.25, 0.3) is 22.0 Å². The fourth-order valence-electron chi connectivity index (χ4n) is 2.64. The van der Waals surface area contributed by atoms with E-state index in [1.165, 1.54) is 0 Å². The van der Waals surface area contributed by atoms with E-state index in [2.05, 4.69) is 15.6 Å². The topological polar surface area (TPSA) is 63.2 Å². The van der Waals surface area contributed by atoms with E-state index in [0.29, 0.717) is 18.8 Å². The summed E-state index contributed by atoms with van der Waals surface area (Å²) in [6.07, 6.45) is 1.13. The van der Waals surface area contributed by atoms with Gasteiger partial charge in [-0.1, -0.05) is 61.5 Å². The molecule has 0 radical (unpaired) electrons. The van der Waals surface area contributed by atoms with Crippen LogP contribution in [0, 0.1) is 0 Å². The second-order valence-corrected chi connectivity index (χ2v) is 5.55. The van der Waals surface area contributed by atoms with Crippen molar-refractivity contribution in [3.8, 4) is 17.0 Å². The van der Waals surface area contributed by atoms with Crippen LogP contribution in [0.4, 0.5) is 4.79 Å². The van der Waals surface area contributed by atoms with Crippen LogP contribution in [-0.4, -0.2) is 30.7 Å². The fraction of sp³-hybridized carbons (Fsp3) is 0.200. The fourth-order valence-corrected chi connectivity index (χ4v) is 2.64. The number of hydrogen-bond donors (Lipinski definition) is 2. The van der Waals surface area contributed by atoms with Gasteiger partial charge in [-0.05, 0) is 6.54 Å². The molecule has 0 aliphatic carbocycles. The average Bonchev–Trinajstić information content (AvgIpc) is 2.66. The average molecular weight is 335 g/mol. The van der Waals surface area contributed by atoms with Crippen molar-refractivity contribution in [1.29, 1.82) is 0 Å². The van der Waals surface area contributed by atoms with Crippen molar-refractivity contribution in [2.45, 2.75) is 6.92 Å². The quantitative estimate of drug-likeness (QED) is 0.676. The van der Waals surface area contributed by atoms with Gasteiger partial charge in [0.05, 0.1) is 11.9 Å². The zero-order valence-electron chi connectivity index (χ0n) is 14.2. The maximum absolute atomic E-state index is 12.0. The number of fused-ring (bicyclic) bond motifs is 1. The third-order valence-electron chi connectivity index (χ3n) is 3.83. The van der Waals surface area contributed by atoms with E-state index in [0.717, 1.165) is 28.6 Å². The van der Waals surface area contributed by atoms with E-state index in [-0.39, 0.29) is 0 Å². The number of pyridine rings is 1. The number of carbonyl (C=O) groups is 1. The standard InChI is InChI=1S/C20H21N3O2/c1-2-21-12-13-22-20(24)25-18-14-23-19(15-8-4-3-5-9-15)17-11-7-6-10-16(17)18/h3-11,14,21H,2,12-13H2,1H3,(H,22,24). The largest absolute Gasteiger partial charge is 0.412 e. The highest BCUT2D eigenvalue weighted by atomic mass is 16.6. The molecule has 0 saturated heterocycles. The monoisotopic (exact) mass is 335 g/mol. The van der Waals surface area contributed by atoms with Crippen molar-refractivity contribution in [1.82, 2.24) is 15.6 Å². The lowest BCUT2D eigenvalue weighted by atomic mass is 10.0. The highest BCUT2D eigenvalue weighted by molar-refractivity contribution is 5.98. The molecule has 3 aromatic rings. The summed E-state index contributed by atoms with van der Waals surface area (Å²) >= 11 is 0. The van der Waals surface area contributed by atoms with Crippen LogP contribution in [0.2, 0.25) is 0 Å². The minimum Gasteiger partial charge on any atom is -0.408 e. The van der Waals surface area contributed by atoms with Gasteiger partial charge in [-0.15, -0.1) is 0 Å². The number of hydrogen-bond acceptors (Lipinski definition) is 4. The molecule has 0 aliphatic heterocycles. The number of aromatic nitrogens is 1.